The highest BCUT2D eigenvalue weighted by atomic mass is 19.4. The van der Waals surface area contributed by atoms with Crippen LogP contribution in [0.5, 0.6) is 5.75 Å². The molecule has 2 unspecified atom stereocenters. The summed E-state index contributed by atoms with van der Waals surface area (Å²) in [6.45, 7) is 4.53. The topological polar surface area (TPSA) is 38.8 Å². The Kier molecular flexibility index (Phi) is 4.95. The molecule has 0 saturated carbocycles. The average molecular weight is 317 g/mol. The van der Waals surface area contributed by atoms with Crippen LogP contribution in [0, 0.1) is 0 Å². The number of amides is 1. The molecule has 0 radical (unpaired) electrons. The third-order valence-electron chi connectivity index (χ3n) is 3.32. The molecule has 1 saturated heterocycles. The van der Waals surface area contributed by atoms with E-state index in [1.165, 1.54) is 12.1 Å². The number of morpholine rings is 1. The molecular formula is C15H18F3NO3. The standard InChI is InChI=1S/C15H18F3NO3/c1-10-7-19(8-11(2)22-10)14(20)9-21-13-5-3-12(4-6-13)15(16,17)18/h3-6,10-11H,7-9H2,1-2H3. The molecule has 1 aliphatic heterocycles. The zero-order chi connectivity index (χ0) is 16.3. The van der Waals surface area contributed by atoms with Gasteiger partial charge < -0.3 is 14.4 Å². The van der Waals surface area contributed by atoms with E-state index in [1.54, 1.807) is 4.90 Å². The summed E-state index contributed by atoms with van der Waals surface area (Å²) in [7, 11) is 0. The van der Waals surface area contributed by atoms with Gasteiger partial charge in [-0.3, -0.25) is 4.79 Å². The van der Waals surface area contributed by atoms with Crippen molar-refractivity contribution < 1.29 is 27.4 Å². The predicted molar refractivity (Wildman–Crippen MR) is 73.5 cm³/mol. The second kappa shape index (κ2) is 6.56. The molecule has 0 aromatic heterocycles. The summed E-state index contributed by atoms with van der Waals surface area (Å²) < 4.78 is 48.1. The van der Waals surface area contributed by atoms with Crippen LogP contribution in [0.3, 0.4) is 0 Å². The Morgan fingerprint density at radius 1 is 1.23 bits per heavy atom. The molecule has 0 spiro atoms. The van der Waals surface area contributed by atoms with E-state index in [4.69, 9.17) is 9.47 Å². The fraction of sp³-hybridized carbons (Fsp3) is 0.533. The first kappa shape index (κ1) is 16.6. The normalized spacial score (nSPS) is 22.5. The lowest BCUT2D eigenvalue weighted by Gasteiger charge is -2.35. The molecule has 0 bridgehead atoms. The van der Waals surface area contributed by atoms with Gasteiger partial charge in [0.25, 0.3) is 5.91 Å². The van der Waals surface area contributed by atoms with Crippen LogP contribution in [-0.2, 0) is 15.7 Å². The van der Waals surface area contributed by atoms with Crippen LogP contribution in [0.25, 0.3) is 0 Å². The molecule has 1 aliphatic rings. The van der Waals surface area contributed by atoms with Crippen molar-refractivity contribution in [3.8, 4) is 5.75 Å². The second-order valence-corrected chi connectivity index (χ2v) is 5.37. The van der Waals surface area contributed by atoms with Crippen molar-refractivity contribution in [2.45, 2.75) is 32.2 Å². The lowest BCUT2D eigenvalue weighted by molar-refractivity contribution is -0.145. The highest BCUT2D eigenvalue weighted by Crippen LogP contribution is 2.30. The van der Waals surface area contributed by atoms with Crippen molar-refractivity contribution in [1.29, 1.82) is 0 Å². The lowest BCUT2D eigenvalue weighted by atomic mass is 10.2. The molecule has 7 heteroatoms. The maximum absolute atomic E-state index is 12.4. The van der Waals surface area contributed by atoms with Crippen LogP contribution >= 0.6 is 0 Å². The summed E-state index contributed by atoms with van der Waals surface area (Å²) >= 11 is 0. The molecule has 0 aliphatic carbocycles. The highest BCUT2D eigenvalue weighted by Gasteiger charge is 2.30. The van der Waals surface area contributed by atoms with Crippen molar-refractivity contribution in [2.24, 2.45) is 0 Å². The zero-order valence-corrected chi connectivity index (χ0v) is 12.4. The quantitative estimate of drug-likeness (QED) is 0.860. The van der Waals surface area contributed by atoms with Crippen LogP contribution < -0.4 is 4.74 Å². The number of nitrogens with zero attached hydrogens (tertiary/aromatic N) is 1. The van der Waals surface area contributed by atoms with Crippen molar-refractivity contribution in [3.63, 3.8) is 0 Å². The maximum Gasteiger partial charge on any atom is 0.416 e. The van der Waals surface area contributed by atoms with E-state index in [-0.39, 0.29) is 30.5 Å². The Morgan fingerprint density at radius 2 is 1.77 bits per heavy atom. The minimum atomic E-state index is -4.38. The van der Waals surface area contributed by atoms with E-state index in [0.29, 0.717) is 13.1 Å². The van der Waals surface area contributed by atoms with Crippen LogP contribution in [0.2, 0.25) is 0 Å². The number of hydrogen-bond donors (Lipinski definition) is 0. The number of benzene rings is 1. The van der Waals surface area contributed by atoms with E-state index in [1.807, 2.05) is 13.8 Å². The zero-order valence-electron chi connectivity index (χ0n) is 12.4. The van der Waals surface area contributed by atoms with E-state index >= 15 is 0 Å². The summed E-state index contributed by atoms with van der Waals surface area (Å²) in [5.41, 5.74) is -0.748. The predicted octanol–water partition coefficient (Wildman–Crippen LogP) is 2.72. The molecule has 22 heavy (non-hydrogen) atoms. The molecule has 1 fully saturated rings. The maximum atomic E-state index is 12.4. The first-order chi connectivity index (χ1) is 10.3. The van der Waals surface area contributed by atoms with Crippen molar-refractivity contribution in [3.05, 3.63) is 29.8 Å². The Balaban J connectivity index is 1.88. The SMILES string of the molecule is CC1CN(C(=O)COc2ccc(C(F)(F)F)cc2)CC(C)O1. The van der Waals surface area contributed by atoms with E-state index in [9.17, 15) is 18.0 Å². The van der Waals surface area contributed by atoms with Gasteiger partial charge in [0.2, 0.25) is 0 Å². The van der Waals surface area contributed by atoms with Crippen LogP contribution in [0.15, 0.2) is 24.3 Å². The number of carbonyl (C=O) groups is 1. The van der Waals surface area contributed by atoms with Crippen molar-refractivity contribution >= 4 is 5.91 Å². The van der Waals surface area contributed by atoms with Gasteiger partial charge >= 0.3 is 6.18 Å². The Bertz CT molecular complexity index is 506. The molecule has 122 valence electrons. The molecule has 1 aromatic rings. The Hall–Kier alpha value is -1.76. The Labute approximate surface area is 126 Å². The van der Waals surface area contributed by atoms with Crippen LogP contribution in [0.4, 0.5) is 13.2 Å². The average Bonchev–Trinajstić information content (AvgIpc) is 2.43. The minimum Gasteiger partial charge on any atom is -0.484 e. The van der Waals surface area contributed by atoms with Gasteiger partial charge in [-0.05, 0) is 38.1 Å². The summed E-state index contributed by atoms with van der Waals surface area (Å²) in [6.07, 6.45) is -4.47. The van der Waals surface area contributed by atoms with Crippen molar-refractivity contribution in [1.82, 2.24) is 4.90 Å². The number of alkyl halides is 3. The molecule has 2 atom stereocenters. The van der Waals surface area contributed by atoms with Gasteiger partial charge in [0.15, 0.2) is 6.61 Å². The van der Waals surface area contributed by atoms with Gasteiger partial charge in [0.1, 0.15) is 5.75 Å². The van der Waals surface area contributed by atoms with E-state index in [2.05, 4.69) is 0 Å². The fourth-order valence-electron chi connectivity index (χ4n) is 2.36. The monoisotopic (exact) mass is 317 g/mol. The highest BCUT2D eigenvalue weighted by molar-refractivity contribution is 5.78. The van der Waals surface area contributed by atoms with E-state index < -0.39 is 11.7 Å². The number of halogens is 3. The number of rotatable bonds is 3. The number of ether oxygens (including phenoxy) is 2. The largest absolute Gasteiger partial charge is 0.484 e. The Morgan fingerprint density at radius 3 is 2.27 bits per heavy atom. The van der Waals surface area contributed by atoms with Crippen LogP contribution in [0.1, 0.15) is 19.4 Å². The van der Waals surface area contributed by atoms with Gasteiger partial charge in [-0.25, -0.2) is 0 Å². The fourth-order valence-corrected chi connectivity index (χ4v) is 2.36. The van der Waals surface area contributed by atoms with Gasteiger partial charge in [-0.2, -0.15) is 13.2 Å². The van der Waals surface area contributed by atoms with Gasteiger partial charge in [0, 0.05) is 13.1 Å². The third kappa shape index (κ3) is 4.37. The summed E-state index contributed by atoms with van der Waals surface area (Å²) in [6, 6.07) is 4.28. The molecule has 1 heterocycles. The third-order valence-corrected chi connectivity index (χ3v) is 3.32. The van der Waals surface area contributed by atoms with Gasteiger partial charge in [-0.1, -0.05) is 0 Å². The second-order valence-electron chi connectivity index (χ2n) is 5.37. The first-order valence-electron chi connectivity index (χ1n) is 6.99. The lowest BCUT2D eigenvalue weighted by Crippen LogP contribution is -2.49. The van der Waals surface area contributed by atoms with Crippen LogP contribution in [-0.4, -0.2) is 42.7 Å². The minimum absolute atomic E-state index is 0.0428. The first-order valence-corrected chi connectivity index (χ1v) is 6.99. The molecule has 1 amide bonds. The smallest absolute Gasteiger partial charge is 0.416 e. The molecule has 1 aromatic carbocycles. The number of hydrogen-bond acceptors (Lipinski definition) is 3. The van der Waals surface area contributed by atoms with Gasteiger partial charge in [-0.15, -0.1) is 0 Å². The number of carbonyl (C=O) groups excluding carboxylic acids is 1. The van der Waals surface area contributed by atoms with Crippen molar-refractivity contribution in [2.75, 3.05) is 19.7 Å². The summed E-state index contributed by atoms with van der Waals surface area (Å²) in [4.78, 5) is 13.7. The van der Waals surface area contributed by atoms with E-state index in [0.717, 1.165) is 12.1 Å². The molecular weight excluding hydrogens is 299 g/mol. The molecule has 2 rings (SSSR count). The molecule has 4 nitrogen and oxygen atoms in total. The summed E-state index contributed by atoms with van der Waals surface area (Å²) in [5, 5.41) is 0. The summed E-state index contributed by atoms with van der Waals surface area (Å²) in [5.74, 6) is 0.0256. The molecule has 0 N–H and O–H groups in total. The van der Waals surface area contributed by atoms with Gasteiger partial charge in [0.05, 0.1) is 17.8 Å².